The lowest BCUT2D eigenvalue weighted by Gasteiger charge is -2.20. The fraction of sp³-hybridized carbons (Fsp3) is 0.877. The van der Waals surface area contributed by atoms with Crippen LogP contribution in [0.3, 0.4) is 0 Å². The van der Waals surface area contributed by atoms with Crippen LogP contribution in [0.5, 0.6) is 0 Å². The molecule has 0 bridgehead atoms. The van der Waals surface area contributed by atoms with Crippen LogP contribution in [0.2, 0.25) is 0 Å². The summed E-state index contributed by atoms with van der Waals surface area (Å²) >= 11 is 0. The molecule has 0 radical (unpaired) electrons. The fourth-order valence-corrected chi connectivity index (χ4v) is 12.3. The van der Waals surface area contributed by atoms with Gasteiger partial charge in [0.25, 0.3) is 0 Å². The number of esters is 1. The van der Waals surface area contributed by atoms with Crippen LogP contribution in [0, 0.1) is 0 Å². The van der Waals surface area contributed by atoms with Gasteiger partial charge in [-0.15, -0.1) is 0 Å². The smallest absolute Gasteiger partial charge is 0.305 e. The molecule has 2 unspecified atom stereocenters. The Balaban J connectivity index is 3.37. The van der Waals surface area contributed by atoms with Gasteiger partial charge in [-0.05, 0) is 89.9 Å². The fourth-order valence-electron chi connectivity index (χ4n) is 12.3. The second kappa shape index (κ2) is 76.3. The summed E-state index contributed by atoms with van der Waals surface area (Å²) in [6, 6.07) is -0.626. The van der Waals surface area contributed by atoms with Crippen LogP contribution >= 0.6 is 0 Å². The molecule has 0 saturated carbocycles. The molecule has 0 aromatic heterocycles. The Kier molecular flexibility index (Phi) is 74.4. The molecule has 0 aliphatic rings. The van der Waals surface area contributed by atoms with E-state index in [0.717, 1.165) is 51.4 Å². The molecular formula is C81H153NO5. The molecule has 0 spiro atoms. The Morgan fingerprint density at radius 1 is 0.322 bits per heavy atom. The number of unbranched alkanes of at least 4 members (excludes halogenated alkanes) is 57. The van der Waals surface area contributed by atoms with Gasteiger partial charge in [0.15, 0.2) is 0 Å². The number of carbonyl (C=O) groups excluding carboxylic acids is 2. The zero-order valence-corrected chi connectivity index (χ0v) is 58.8. The quantitative estimate of drug-likeness (QED) is 0.0320. The number of aliphatic hydroxyl groups is 2. The number of hydrogen-bond donors (Lipinski definition) is 3. The van der Waals surface area contributed by atoms with Crippen LogP contribution in [-0.4, -0.2) is 47.4 Å². The van der Waals surface area contributed by atoms with E-state index in [0.29, 0.717) is 19.4 Å². The number of rotatable bonds is 74. The molecule has 0 fully saturated rings. The third-order valence-corrected chi connectivity index (χ3v) is 18.3. The molecule has 3 N–H and O–H groups in total. The second-order valence-electron chi connectivity index (χ2n) is 27.0. The van der Waals surface area contributed by atoms with Crippen molar-refractivity contribution in [3.05, 3.63) is 48.6 Å². The molecule has 512 valence electrons. The first-order valence-electron chi connectivity index (χ1n) is 39.4. The topological polar surface area (TPSA) is 95.9 Å². The molecule has 0 aromatic rings. The van der Waals surface area contributed by atoms with Crippen LogP contribution in [0.1, 0.15) is 431 Å². The molecule has 0 saturated heterocycles. The van der Waals surface area contributed by atoms with Gasteiger partial charge < -0.3 is 20.3 Å². The summed E-state index contributed by atoms with van der Waals surface area (Å²) < 4.78 is 5.49. The Labute approximate surface area is 544 Å². The molecule has 0 aliphatic heterocycles. The highest BCUT2D eigenvalue weighted by Gasteiger charge is 2.18. The van der Waals surface area contributed by atoms with Gasteiger partial charge in [0, 0.05) is 12.8 Å². The lowest BCUT2D eigenvalue weighted by molar-refractivity contribution is -0.143. The zero-order chi connectivity index (χ0) is 62.8. The van der Waals surface area contributed by atoms with E-state index in [2.05, 4.69) is 55.6 Å². The molecule has 0 aliphatic carbocycles. The summed E-state index contributed by atoms with van der Waals surface area (Å²) in [5.41, 5.74) is 0. The average Bonchev–Trinajstić information content (AvgIpc) is 3.54. The molecule has 6 nitrogen and oxygen atoms in total. The monoisotopic (exact) mass is 1220 g/mol. The first-order chi connectivity index (χ1) is 43.0. The van der Waals surface area contributed by atoms with Crippen LogP contribution in [-0.2, 0) is 14.3 Å². The van der Waals surface area contributed by atoms with Crippen LogP contribution in [0.25, 0.3) is 0 Å². The molecule has 87 heavy (non-hydrogen) atoms. The number of hydrogen-bond acceptors (Lipinski definition) is 5. The second-order valence-corrected chi connectivity index (χ2v) is 27.0. The number of allylic oxidation sites excluding steroid dienone is 7. The number of ether oxygens (including phenoxy) is 1. The third kappa shape index (κ3) is 72.8. The van der Waals surface area contributed by atoms with E-state index >= 15 is 0 Å². The minimum absolute atomic E-state index is 0.0119. The summed E-state index contributed by atoms with van der Waals surface area (Å²) in [6.07, 6.45) is 101. The van der Waals surface area contributed by atoms with Crippen LogP contribution < -0.4 is 5.32 Å². The summed E-state index contributed by atoms with van der Waals surface area (Å²) in [6.45, 7) is 4.93. The largest absolute Gasteiger partial charge is 0.466 e. The highest BCUT2D eigenvalue weighted by atomic mass is 16.5. The minimum atomic E-state index is -0.843. The van der Waals surface area contributed by atoms with Gasteiger partial charge in [0.2, 0.25) is 5.91 Å². The lowest BCUT2D eigenvalue weighted by Crippen LogP contribution is -2.45. The SMILES string of the molecule is CCCCCCC/C=C\CCCCCCCC(=O)OCCCCCCCCCCCCCCCCC/C=C\C/C=C\CCCCCCCCCCCCCCCCCCCC(=O)NC(CO)C(O)/C=C/CCCCCCCCCCCCCCCCC. The summed E-state index contributed by atoms with van der Waals surface area (Å²) in [7, 11) is 0. The van der Waals surface area contributed by atoms with Crippen molar-refractivity contribution < 1.29 is 24.5 Å². The van der Waals surface area contributed by atoms with E-state index in [1.807, 2.05) is 6.08 Å². The molecule has 0 aromatic carbocycles. The van der Waals surface area contributed by atoms with Crippen molar-refractivity contribution in [1.29, 1.82) is 0 Å². The predicted octanol–water partition coefficient (Wildman–Crippen LogP) is 26.0. The van der Waals surface area contributed by atoms with Gasteiger partial charge in [-0.3, -0.25) is 9.59 Å². The van der Waals surface area contributed by atoms with Gasteiger partial charge in [0.05, 0.1) is 25.4 Å². The molecule has 0 heterocycles. The Bertz CT molecular complexity index is 1450. The van der Waals surface area contributed by atoms with E-state index in [4.69, 9.17) is 4.74 Å². The van der Waals surface area contributed by atoms with E-state index in [9.17, 15) is 19.8 Å². The van der Waals surface area contributed by atoms with Crippen molar-refractivity contribution in [1.82, 2.24) is 5.32 Å². The molecule has 1 amide bonds. The van der Waals surface area contributed by atoms with Gasteiger partial charge in [-0.1, -0.05) is 377 Å². The van der Waals surface area contributed by atoms with Gasteiger partial charge in [-0.2, -0.15) is 0 Å². The van der Waals surface area contributed by atoms with Crippen molar-refractivity contribution in [2.45, 2.75) is 443 Å². The first-order valence-corrected chi connectivity index (χ1v) is 39.4. The molecule has 2 atom stereocenters. The normalized spacial score (nSPS) is 12.7. The Morgan fingerprint density at radius 3 is 0.885 bits per heavy atom. The average molecular weight is 1220 g/mol. The van der Waals surface area contributed by atoms with Crippen molar-refractivity contribution in [3.63, 3.8) is 0 Å². The Morgan fingerprint density at radius 2 is 0.575 bits per heavy atom. The van der Waals surface area contributed by atoms with E-state index in [1.54, 1.807) is 6.08 Å². The maximum atomic E-state index is 12.5. The van der Waals surface area contributed by atoms with Crippen molar-refractivity contribution in [2.24, 2.45) is 0 Å². The lowest BCUT2D eigenvalue weighted by atomic mass is 10.0. The predicted molar refractivity (Wildman–Crippen MR) is 384 cm³/mol. The van der Waals surface area contributed by atoms with Crippen molar-refractivity contribution in [2.75, 3.05) is 13.2 Å². The number of aliphatic hydroxyl groups excluding tert-OH is 2. The Hall–Kier alpha value is -2.18. The van der Waals surface area contributed by atoms with Gasteiger partial charge >= 0.3 is 5.97 Å². The number of carbonyl (C=O) groups is 2. The van der Waals surface area contributed by atoms with Gasteiger partial charge in [-0.25, -0.2) is 0 Å². The van der Waals surface area contributed by atoms with Crippen LogP contribution in [0.15, 0.2) is 48.6 Å². The number of amides is 1. The maximum Gasteiger partial charge on any atom is 0.305 e. The van der Waals surface area contributed by atoms with Crippen LogP contribution in [0.4, 0.5) is 0 Å². The van der Waals surface area contributed by atoms with E-state index < -0.39 is 12.1 Å². The third-order valence-electron chi connectivity index (χ3n) is 18.3. The summed E-state index contributed by atoms with van der Waals surface area (Å²) in [5, 5.41) is 23.2. The molecule has 0 rings (SSSR count). The van der Waals surface area contributed by atoms with E-state index in [1.165, 1.54) is 353 Å². The van der Waals surface area contributed by atoms with E-state index in [-0.39, 0.29) is 18.5 Å². The summed E-state index contributed by atoms with van der Waals surface area (Å²) in [5.74, 6) is -0.0499. The highest BCUT2D eigenvalue weighted by Crippen LogP contribution is 2.19. The maximum absolute atomic E-state index is 12.5. The molecule has 6 heteroatoms. The highest BCUT2D eigenvalue weighted by molar-refractivity contribution is 5.76. The van der Waals surface area contributed by atoms with Crippen molar-refractivity contribution in [3.8, 4) is 0 Å². The first kappa shape index (κ1) is 84.8. The summed E-state index contributed by atoms with van der Waals surface area (Å²) in [4.78, 5) is 24.6. The standard InChI is InChI=1S/C81H153NO5/c1-3-5-7-9-11-13-15-17-19-43-46-49-53-57-61-65-69-73-79(84)78(77-83)82-80(85)74-70-66-62-58-54-50-47-44-41-39-37-35-33-31-29-27-25-23-21-20-22-24-26-28-30-32-34-36-38-40-42-45-48-52-56-60-64-68-72-76-87-81(86)75-71-67-63-59-55-51-18-16-14-12-10-8-6-4-2/h16,18,20-21,24,26,69,73,78-79,83-84H,3-15,17,19,22-23,25,27-68,70-72,74-77H2,1-2H3,(H,82,85)/b18-16-,21-20-,26-24-,73-69+. The van der Waals surface area contributed by atoms with Crippen molar-refractivity contribution >= 4 is 11.9 Å². The number of nitrogens with one attached hydrogen (secondary N) is 1. The zero-order valence-electron chi connectivity index (χ0n) is 58.8. The molecular weight excluding hydrogens is 1070 g/mol. The van der Waals surface area contributed by atoms with Gasteiger partial charge in [0.1, 0.15) is 0 Å². The minimum Gasteiger partial charge on any atom is -0.466 e.